The van der Waals surface area contributed by atoms with Crippen LogP contribution < -0.4 is 0 Å². The Kier molecular flexibility index (Phi) is 9.54. The van der Waals surface area contributed by atoms with Crippen molar-refractivity contribution in [2.24, 2.45) is 0 Å². The first-order valence-electron chi connectivity index (χ1n) is 10.6. The molecule has 0 saturated carbocycles. The average molecular weight is 504 g/mol. The third-order valence-electron chi connectivity index (χ3n) is 6.10. The van der Waals surface area contributed by atoms with Crippen LogP contribution in [0.3, 0.4) is 0 Å². The minimum Gasteiger partial charge on any atom is -0.394 e. The van der Waals surface area contributed by atoms with Gasteiger partial charge in [0.05, 0.1) is 19.8 Å². The van der Waals surface area contributed by atoms with Crippen molar-refractivity contribution in [1.82, 2.24) is 0 Å². The quantitative estimate of drug-likeness (QED) is 0.154. The molecule has 3 heterocycles. The molecule has 0 unspecified atom stereocenters. The van der Waals surface area contributed by atoms with Crippen molar-refractivity contribution < 1.29 is 79.9 Å². The second-order valence-electron chi connectivity index (χ2n) is 8.33. The second-order valence-corrected chi connectivity index (χ2v) is 8.33. The first kappa shape index (κ1) is 27.9. The predicted molar refractivity (Wildman–Crippen MR) is 101 cm³/mol. The summed E-state index contributed by atoms with van der Waals surface area (Å²) < 4.78 is 26.5. The number of aliphatic hydroxyl groups excluding tert-OH is 11. The van der Waals surface area contributed by atoms with E-state index in [1.165, 1.54) is 0 Å². The van der Waals surface area contributed by atoms with Crippen molar-refractivity contribution in [3.8, 4) is 0 Å². The molecule has 16 nitrogen and oxygen atoms in total. The van der Waals surface area contributed by atoms with Crippen LogP contribution in [0.15, 0.2) is 0 Å². The molecule has 200 valence electrons. The van der Waals surface area contributed by atoms with Crippen molar-refractivity contribution >= 4 is 0 Å². The lowest BCUT2D eigenvalue weighted by molar-refractivity contribution is -0.391. The minimum absolute atomic E-state index is 0.734. The van der Waals surface area contributed by atoms with E-state index in [0.717, 1.165) is 0 Å². The summed E-state index contributed by atoms with van der Waals surface area (Å²) in [6.07, 6.45) is -25.7. The number of hydrogen-bond acceptors (Lipinski definition) is 16. The zero-order valence-electron chi connectivity index (χ0n) is 17.7. The van der Waals surface area contributed by atoms with E-state index in [1.807, 2.05) is 0 Å². The number of ether oxygens (including phenoxy) is 5. The summed E-state index contributed by atoms with van der Waals surface area (Å²) in [5.74, 6) is 0. The second kappa shape index (κ2) is 11.6. The lowest BCUT2D eigenvalue weighted by Gasteiger charge is -2.48. The van der Waals surface area contributed by atoms with E-state index in [9.17, 15) is 56.2 Å². The molecule has 0 amide bonds. The van der Waals surface area contributed by atoms with Gasteiger partial charge in [-0.25, -0.2) is 0 Å². The maximum Gasteiger partial charge on any atom is 0.187 e. The van der Waals surface area contributed by atoms with E-state index in [1.54, 1.807) is 0 Å². The summed E-state index contributed by atoms with van der Waals surface area (Å²) >= 11 is 0. The highest BCUT2D eigenvalue weighted by molar-refractivity contribution is 4.95. The van der Waals surface area contributed by atoms with Gasteiger partial charge in [-0.1, -0.05) is 0 Å². The number of rotatable bonds is 7. The maximum atomic E-state index is 10.6. The van der Waals surface area contributed by atoms with Crippen molar-refractivity contribution in [2.75, 3.05) is 19.8 Å². The fraction of sp³-hybridized carbons (Fsp3) is 1.00. The zero-order chi connectivity index (χ0) is 25.3. The van der Waals surface area contributed by atoms with Gasteiger partial charge in [0, 0.05) is 0 Å². The summed E-state index contributed by atoms with van der Waals surface area (Å²) in [6, 6.07) is 0. The minimum atomic E-state index is -1.90. The van der Waals surface area contributed by atoms with E-state index >= 15 is 0 Å². The standard InChI is InChI=1S/C18H32O16/c19-1-4-8(23)11(26)14(16(29)30-4)33-18-15(12(27)9(24)6(3-21)32-18)34-17-13(28)10(25)7(22)5(2-20)31-17/h4-29H,1-3H2/t4-,5-,6-,7-,8-,9-,10+,11+,12+,13-,14-,15-,16-,17-,18-/m1/s1. The van der Waals surface area contributed by atoms with Gasteiger partial charge in [0.1, 0.15) is 73.2 Å². The van der Waals surface area contributed by atoms with Gasteiger partial charge in [0.2, 0.25) is 0 Å². The highest BCUT2D eigenvalue weighted by Gasteiger charge is 2.53. The molecule has 3 aliphatic rings. The Morgan fingerprint density at radius 2 is 0.853 bits per heavy atom. The fourth-order valence-electron chi connectivity index (χ4n) is 4.02. The Bertz CT molecular complexity index is 639. The van der Waals surface area contributed by atoms with Gasteiger partial charge in [0.15, 0.2) is 18.9 Å². The molecule has 0 aromatic rings. The van der Waals surface area contributed by atoms with Crippen LogP contribution in [0.4, 0.5) is 0 Å². The molecule has 0 aromatic heterocycles. The molecule has 11 N–H and O–H groups in total. The van der Waals surface area contributed by atoms with E-state index < -0.39 is 112 Å². The highest BCUT2D eigenvalue weighted by Crippen LogP contribution is 2.32. The Labute approximate surface area is 192 Å². The van der Waals surface area contributed by atoms with Gasteiger partial charge in [-0.2, -0.15) is 0 Å². The summed E-state index contributed by atoms with van der Waals surface area (Å²) in [5.41, 5.74) is 0. The van der Waals surface area contributed by atoms with E-state index in [2.05, 4.69) is 0 Å². The third-order valence-corrected chi connectivity index (χ3v) is 6.10. The van der Waals surface area contributed by atoms with Gasteiger partial charge >= 0.3 is 0 Å². The molecular formula is C18H32O16. The Balaban J connectivity index is 1.82. The van der Waals surface area contributed by atoms with Crippen LogP contribution in [0.5, 0.6) is 0 Å². The normalized spacial score (nSPS) is 52.5. The molecule has 0 bridgehead atoms. The molecule has 3 aliphatic heterocycles. The van der Waals surface area contributed by atoms with Crippen molar-refractivity contribution in [3.05, 3.63) is 0 Å². The molecule has 3 saturated heterocycles. The van der Waals surface area contributed by atoms with E-state index in [-0.39, 0.29) is 0 Å². The number of hydrogen-bond donors (Lipinski definition) is 11. The molecule has 0 spiro atoms. The fourth-order valence-corrected chi connectivity index (χ4v) is 4.02. The lowest BCUT2D eigenvalue weighted by Crippen LogP contribution is -2.66. The summed E-state index contributed by atoms with van der Waals surface area (Å²) in [5, 5.41) is 109. The third kappa shape index (κ3) is 5.37. The largest absolute Gasteiger partial charge is 0.394 e. The van der Waals surface area contributed by atoms with Gasteiger partial charge in [0.25, 0.3) is 0 Å². The molecule has 34 heavy (non-hydrogen) atoms. The Morgan fingerprint density at radius 3 is 1.38 bits per heavy atom. The van der Waals surface area contributed by atoms with Crippen LogP contribution in [0, 0.1) is 0 Å². The predicted octanol–water partition coefficient (Wildman–Crippen LogP) is -7.57. The first-order chi connectivity index (χ1) is 16.0. The lowest BCUT2D eigenvalue weighted by atomic mass is 9.96. The van der Waals surface area contributed by atoms with Gasteiger partial charge in [-0.05, 0) is 0 Å². The summed E-state index contributed by atoms with van der Waals surface area (Å²) in [6.45, 7) is -2.31. The summed E-state index contributed by atoms with van der Waals surface area (Å²) in [4.78, 5) is 0. The molecule has 0 radical (unpaired) electrons. The zero-order valence-corrected chi connectivity index (χ0v) is 17.7. The molecule has 0 aliphatic carbocycles. The van der Waals surface area contributed by atoms with E-state index in [4.69, 9.17) is 23.7 Å². The smallest absolute Gasteiger partial charge is 0.187 e. The topological polar surface area (TPSA) is 269 Å². The number of aliphatic hydroxyl groups is 11. The molecule has 3 rings (SSSR count). The molecule has 0 aromatic carbocycles. The molecule has 3 fully saturated rings. The van der Waals surface area contributed by atoms with Crippen LogP contribution >= 0.6 is 0 Å². The Hall–Kier alpha value is -0.640. The first-order valence-corrected chi connectivity index (χ1v) is 10.6. The van der Waals surface area contributed by atoms with Crippen LogP contribution in [0.25, 0.3) is 0 Å². The monoisotopic (exact) mass is 504 g/mol. The Morgan fingerprint density at radius 1 is 0.441 bits per heavy atom. The highest BCUT2D eigenvalue weighted by atomic mass is 16.8. The van der Waals surface area contributed by atoms with Crippen LogP contribution in [-0.4, -0.2) is 168 Å². The molecule has 15 atom stereocenters. The van der Waals surface area contributed by atoms with Crippen LogP contribution in [0.2, 0.25) is 0 Å². The summed E-state index contributed by atoms with van der Waals surface area (Å²) in [7, 11) is 0. The van der Waals surface area contributed by atoms with Crippen molar-refractivity contribution in [1.29, 1.82) is 0 Å². The van der Waals surface area contributed by atoms with Crippen molar-refractivity contribution in [3.63, 3.8) is 0 Å². The van der Waals surface area contributed by atoms with Crippen LogP contribution in [-0.2, 0) is 23.7 Å². The SMILES string of the molecule is OC[C@H]1O[C@H](O[C@H]2[C@@H](O[C@@H]3[C@@H](O)[C@H](O)[C@@H](CO)O[C@H]3O)O[C@H](CO)[C@@H](O)[C@@H]2O)[C@H](O)[C@@H](O)[C@@H]1O. The van der Waals surface area contributed by atoms with Gasteiger partial charge < -0.3 is 79.9 Å². The molecule has 16 heteroatoms. The maximum absolute atomic E-state index is 10.6. The van der Waals surface area contributed by atoms with Gasteiger partial charge in [-0.15, -0.1) is 0 Å². The molecular weight excluding hydrogens is 472 g/mol. The van der Waals surface area contributed by atoms with Crippen molar-refractivity contribution in [2.45, 2.75) is 92.1 Å². The average Bonchev–Trinajstić information content (AvgIpc) is 2.83. The van der Waals surface area contributed by atoms with Crippen LogP contribution in [0.1, 0.15) is 0 Å². The van der Waals surface area contributed by atoms with E-state index in [0.29, 0.717) is 0 Å². The van der Waals surface area contributed by atoms with Gasteiger partial charge in [-0.3, -0.25) is 0 Å².